The predicted molar refractivity (Wildman–Crippen MR) is 73.6 cm³/mol. The number of halogens is 1. The molecule has 0 N–H and O–H groups in total. The van der Waals surface area contributed by atoms with E-state index in [9.17, 15) is 9.70 Å². The molecule has 1 aromatic rings. The summed E-state index contributed by atoms with van der Waals surface area (Å²) >= 11 is 5.51. The SMILES string of the molecule is COc1cc(C(=O)N(CCCl)N=O)cc(OC)c1OC. The molecule has 20 heavy (non-hydrogen) atoms. The summed E-state index contributed by atoms with van der Waals surface area (Å²) < 4.78 is 15.4. The third kappa shape index (κ3) is 3.30. The van der Waals surface area contributed by atoms with E-state index in [-0.39, 0.29) is 18.0 Å². The average molecular weight is 303 g/mol. The lowest BCUT2D eigenvalue weighted by Gasteiger charge is -2.16. The van der Waals surface area contributed by atoms with Crippen LogP contribution < -0.4 is 14.2 Å². The monoisotopic (exact) mass is 302 g/mol. The van der Waals surface area contributed by atoms with Gasteiger partial charge in [0.05, 0.1) is 33.2 Å². The predicted octanol–water partition coefficient (Wildman–Crippen LogP) is 2.07. The Labute approximate surface area is 121 Å². The fraction of sp³-hybridized carbons (Fsp3) is 0.417. The number of benzene rings is 1. The fourth-order valence-electron chi connectivity index (χ4n) is 1.61. The lowest BCUT2D eigenvalue weighted by molar-refractivity contribution is 0.0766. The van der Waals surface area contributed by atoms with Crippen LogP contribution in [0.25, 0.3) is 0 Å². The highest BCUT2D eigenvalue weighted by atomic mass is 35.5. The van der Waals surface area contributed by atoms with Crippen LogP contribution in [0.15, 0.2) is 17.4 Å². The molecule has 0 atom stereocenters. The number of carbonyl (C=O) groups is 1. The fourth-order valence-corrected chi connectivity index (χ4v) is 1.77. The van der Waals surface area contributed by atoms with E-state index in [4.69, 9.17) is 25.8 Å². The molecule has 1 rings (SSSR count). The maximum Gasteiger partial charge on any atom is 0.276 e. The highest BCUT2D eigenvalue weighted by Gasteiger charge is 2.21. The first kappa shape index (κ1) is 16.0. The van der Waals surface area contributed by atoms with E-state index in [1.165, 1.54) is 33.5 Å². The van der Waals surface area contributed by atoms with Gasteiger partial charge in [0.25, 0.3) is 5.91 Å². The van der Waals surface area contributed by atoms with Gasteiger partial charge >= 0.3 is 0 Å². The molecule has 0 unspecified atom stereocenters. The van der Waals surface area contributed by atoms with Crippen LogP contribution in [-0.2, 0) is 0 Å². The number of methoxy groups -OCH3 is 3. The van der Waals surface area contributed by atoms with Crippen LogP contribution in [0.3, 0.4) is 0 Å². The summed E-state index contributed by atoms with van der Waals surface area (Å²) in [7, 11) is 4.31. The zero-order valence-corrected chi connectivity index (χ0v) is 12.1. The van der Waals surface area contributed by atoms with Crippen molar-refractivity contribution in [1.82, 2.24) is 5.01 Å². The zero-order chi connectivity index (χ0) is 15.1. The highest BCUT2D eigenvalue weighted by Crippen LogP contribution is 2.38. The Bertz CT molecular complexity index is 470. The molecular weight excluding hydrogens is 288 g/mol. The van der Waals surface area contributed by atoms with Gasteiger partial charge in [0.1, 0.15) is 0 Å². The molecule has 0 aliphatic heterocycles. The Morgan fingerprint density at radius 3 is 2.10 bits per heavy atom. The molecule has 8 heteroatoms. The number of nitrogens with zero attached hydrogens (tertiary/aromatic N) is 2. The first-order chi connectivity index (χ1) is 9.62. The van der Waals surface area contributed by atoms with Crippen molar-refractivity contribution < 1.29 is 19.0 Å². The molecule has 0 fully saturated rings. The molecule has 0 bridgehead atoms. The van der Waals surface area contributed by atoms with Gasteiger partial charge in [0.15, 0.2) is 11.5 Å². The van der Waals surface area contributed by atoms with Gasteiger partial charge in [-0.25, -0.2) is 0 Å². The van der Waals surface area contributed by atoms with E-state index >= 15 is 0 Å². The quantitative estimate of drug-likeness (QED) is 0.438. The second-order valence-corrected chi connectivity index (χ2v) is 3.99. The normalized spacial score (nSPS) is 9.80. The molecule has 1 aromatic carbocycles. The molecule has 0 spiro atoms. The lowest BCUT2D eigenvalue weighted by atomic mass is 10.1. The van der Waals surface area contributed by atoms with Crippen LogP contribution in [0.1, 0.15) is 10.4 Å². The van der Waals surface area contributed by atoms with Crippen molar-refractivity contribution in [3.63, 3.8) is 0 Å². The number of hydrogen-bond donors (Lipinski definition) is 0. The molecule has 0 heterocycles. The summed E-state index contributed by atoms with van der Waals surface area (Å²) in [5.74, 6) is 0.482. The van der Waals surface area contributed by atoms with Gasteiger partial charge in [0, 0.05) is 11.4 Å². The maximum atomic E-state index is 12.1. The summed E-state index contributed by atoms with van der Waals surface area (Å²) in [4.78, 5) is 22.8. The van der Waals surface area contributed by atoms with Crippen molar-refractivity contribution in [1.29, 1.82) is 0 Å². The van der Waals surface area contributed by atoms with Crippen LogP contribution in [-0.4, -0.2) is 44.7 Å². The molecular formula is C12H15ClN2O5. The van der Waals surface area contributed by atoms with Crippen LogP contribution in [0, 0.1) is 4.91 Å². The number of ether oxygens (including phenoxy) is 3. The van der Waals surface area contributed by atoms with Crippen LogP contribution in [0.4, 0.5) is 0 Å². The smallest absolute Gasteiger partial charge is 0.276 e. The minimum atomic E-state index is -0.597. The largest absolute Gasteiger partial charge is 0.493 e. The van der Waals surface area contributed by atoms with Crippen LogP contribution in [0.2, 0.25) is 0 Å². The molecule has 0 radical (unpaired) electrons. The Morgan fingerprint density at radius 2 is 1.75 bits per heavy atom. The van der Waals surface area contributed by atoms with Crippen molar-refractivity contribution in [3.05, 3.63) is 22.6 Å². The molecule has 0 aliphatic carbocycles. The topological polar surface area (TPSA) is 77.4 Å². The Balaban J connectivity index is 3.24. The summed E-state index contributed by atoms with van der Waals surface area (Å²) in [6.07, 6.45) is 0. The lowest BCUT2D eigenvalue weighted by Crippen LogP contribution is -2.27. The number of amides is 1. The first-order valence-corrected chi connectivity index (χ1v) is 6.17. The van der Waals surface area contributed by atoms with Crippen molar-refractivity contribution in [2.24, 2.45) is 5.29 Å². The standard InChI is InChI=1S/C12H15ClN2O5/c1-18-9-6-8(7-10(19-2)11(9)20-3)12(16)15(14-17)5-4-13/h6-7H,4-5H2,1-3H3. The number of nitroso groups, excluding NO2 is 1. The second kappa shape index (κ2) is 7.54. The van der Waals surface area contributed by atoms with Crippen molar-refractivity contribution >= 4 is 17.5 Å². The average Bonchev–Trinajstić information content (AvgIpc) is 2.50. The van der Waals surface area contributed by atoms with E-state index in [1.54, 1.807) is 0 Å². The van der Waals surface area contributed by atoms with Crippen LogP contribution >= 0.6 is 11.6 Å². The summed E-state index contributed by atoms with van der Waals surface area (Å²) in [6.45, 7) is 0.0144. The van der Waals surface area contributed by atoms with E-state index in [2.05, 4.69) is 5.29 Å². The number of hydrogen-bond acceptors (Lipinski definition) is 6. The number of carbonyl (C=O) groups excluding carboxylic acids is 1. The molecule has 0 saturated carbocycles. The van der Waals surface area contributed by atoms with E-state index < -0.39 is 5.91 Å². The minimum Gasteiger partial charge on any atom is -0.493 e. The van der Waals surface area contributed by atoms with Gasteiger partial charge in [-0.2, -0.15) is 5.01 Å². The van der Waals surface area contributed by atoms with Gasteiger partial charge in [-0.15, -0.1) is 16.5 Å². The van der Waals surface area contributed by atoms with E-state index in [0.29, 0.717) is 17.2 Å². The van der Waals surface area contributed by atoms with Gasteiger partial charge in [0.2, 0.25) is 5.75 Å². The van der Waals surface area contributed by atoms with Gasteiger partial charge in [-0.1, -0.05) is 0 Å². The van der Waals surface area contributed by atoms with E-state index in [1.807, 2.05) is 0 Å². The molecule has 0 aromatic heterocycles. The van der Waals surface area contributed by atoms with Crippen molar-refractivity contribution in [2.75, 3.05) is 33.8 Å². The minimum absolute atomic E-state index is 0.0144. The highest BCUT2D eigenvalue weighted by molar-refractivity contribution is 6.18. The Morgan fingerprint density at radius 1 is 1.20 bits per heavy atom. The summed E-state index contributed by atoms with van der Waals surface area (Å²) in [5, 5.41) is 3.37. The molecule has 1 amide bonds. The molecule has 0 saturated heterocycles. The van der Waals surface area contributed by atoms with Crippen molar-refractivity contribution in [3.8, 4) is 17.2 Å². The van der Waals surface area contributed by atoms with Crippen molar-refractivity contribution in [2.45, 2.75) is 0 Å². The molecule has 7 nitrogen and oxygen atoms in total. The molecule has 110 valence electrons. The number of rotatable bonds is 7. The van der Waals surface area contributed by atoms with Gasteiger partial charge in [-0.3, -0.25) is 4.79 Å². The zero-order valence-electron chi connectivity index (χ0n) is 11.4. The summed E-state index contributed by atoms with van der Waals surface area (Å²) in [6, 6.07) is 2.88. The van der Waals surface area contributed by atoms with Crippen LogP contribution in [0.5, 0.6) is 17.2 Å². The first-order valence-electron chi connectivity index (χ1n) is 5.64. The second-order valence-electron chi connectivity index (χ2n) is 3.61. The van der Waals surface area contributed by atoms with Gasteiger partial charge < -0.3 is 14.2 Å². The van der Waals surface area contributed by atoms with Gasteiger partial charge in [-0.05, 0) is 12.1 Å². The molecule has 0 aliphatic rings. The third-order valence-electron chi connectivity index (χ3n) is 2.54. The Hall–Kier alpha value is -2.02. The Kier molecular flexibility index (Phi) is 6.05. The van der Waals surface area contributed by atoms with E-state index in [0.717, 1.165) is 5.01 Å². The third-order valence-corrected chi connectivity index (χ3v) is 2.71. The number of alkyl halides is 1. The summed E-state index contributed by atoms with van der Waals surface area (Å²) in [5.41, 5.74) is 0.184. The maximum absolute atomic E-state index is 12.1.